The van der Waals surface area contributed by atoms with E-state index in [2.05, 4.69) is 17.1 Å². The quantitative estimate of drug-likeness (QED) is 0.774. The van der Waals surface area contributed by atoms with Crippen LogP contribution in [0.25, 0.3) is 0 Å². The number of carbonyl (C=O) groups is 1. The summed E-state index contributed by atoms with van der Waals surface area (Å²) >= 11 is 0. The number of nitrogens with zero attached hydrogens (tertiary/aromatic N) is 3. The Balaban J connectivity index is 1.59. The summed E-state index contributed by atoms with van der Waals surface area (Å²) in [6.45, 7) is 7.60. The highest BCUT2D eigenvalue weighted by atomic mass is 19.1. The molecule has 0 spiro atoms. The van der Waals surface area contributed by atoms with Gasteiger partial charge in [0, 0.05) is 32.1 Å². The summed E-state index contributed by atoms with van der Waals surface area (Å²) in [6.07, 6.45) is 0.586. The van der Waals surface area contributed by atoms with Crippen LogP contribution < -0.4 is 10.1 Å². The van der Waals surface area contributed by atoms with Crippen LogP contribution in [0.3, 0.4) is 0 Å². The molecule has 0 radical (unpaired) electrons. The average molecular weight is 425 g/mol. The smallest absolute Gasteiger partial charge is 0.257 e. The Morgan fingerprint density at radius 1 is 1.19 bits per heavy atom. The highest BCUT2D eigenvalue weighted by Gasteiger charge is 2.34. The fourth-order valence-corrected chi connectivity index (χ4v) is 4.13. The summed E-state index contributed by atoms with van der Waals surface area (Å²) in [4.78, 5) is 15.5. The molecule has 6 nitrogen and oxygen atoms in total. The van der Waals surface area contributed by atoms with Crippen molar-refractivity contribution in [2.24, 2.45) is 5.10 Å². The zero-order chi connectivity index (χ0) is 21.8. The van der Waals surface area contributed by atoms with Crippen molar-refractivity contribution >= 4 is 11.6 Å². The Morgan fingerprint density at radius 2 is 1.94 bits per heavy atom. The van der Waals surface area contributed by atoms with E-state index in [0.717, 1.165) is 42.2 Å². The van der Waals surface area contributed by atoms with Gasteiger partial charge in [0.1, 0.15) is 11.6 Å². The van der Waals surface area contributed by atoms with Crippen molar-refractivity contribution in [1.82, 2.24) is 15.2 Å². The van der Waals surface area contributed by atoms with Gasteiger partial charge in [0.2, 0.25) is 0 Å². The Kier molecular flexibility index (Phi) is 6.63. The van der Waals surface area contributed by atoms with Crippen LogP contribution in [0.1, 0.15) is 37.4 Å². The van der Waals surface area contributed by atoms with E-state index >= 15 is 0 Å². The third kappa shape index (κ3) is 4.94. The number of hydrogen-bond donors (Lipinski definition) is 1. The normalized spacial score (nSPS) is 21.8. The number of benzene rings is 2. The minimum Gasteiger partial charge on any atom is -0.494 e. The SMILES string of the molecule is CCOc1ccc([C@@H]2CC(c3ccc(F)cc3)=NN2C(=O)CN2CCNC[C@@H]2C)cc1. The predicted octanol–water partition coefficient (Wildman–Crippen LogP) is 3.20. The first-order valence-electron chi connectivity index (χ1n) is 10.9. The minimum absolute atomic E-state index is 0.0234. The monoisotopic (exact) mass is 424 g/mol. The van der Waals surface area contributed by atoms with Gasteiger partial charge in [0.15, 0.2) is 0 Å². The molecule has 2 atom stereocenters. The molecule has 0 bridgehead atoms. The fraction of sp³-hybridized carbons (Fsp3) is 0.417. The number of ether oxygens (including phenoxy) is 1. The van der Waals surface area contributed by atoms with Crippen LogP contribution in [0.4, 0.5) is 4.39 Å². The van der Waals surface area contributed by atoms with Crippen LogP contribution in [0.2, 0.25) is 0 Å². The highest BCUT2D eigenvalue weighted by Crippen LogP contribution is 2.34. The Morgan fingerprint density at radius 3 is 2.61 bits per heavy atom. The maximum atomic E-state index is 13.4. The summed E-state index contributed by atoms with van der Waals surface area (Å²) < 4.78 is 18.9. The molecular formula is C24H29FN4O2. The van der Waals surface area contributed by atoms with Gasteiger partial charge >= 0.3 is 0 Å². The molecule has 0 aliphatic carbocycles. The summed E-state index contributed by atoms with van der Waals surface area (Å²) in [5, 5.41) is 9.67. The fourth-order valence-electron chi connectivity index (χ4n) is 4.13. The third-order valence-electron chi connectivity index (χ3n) is 5.90. The van der Waals surface area contributed by atoms with Gasteiger partial charge in [-0.1, -0.05) is 24.3 Å². The van der Waals surface area contributed by atoms with E-state index in [0.29, 0.717) is 25.6 Å². The van der Waals surface area contributed by atoms with Crippen LogP contribution >= 0.6 is 0 Å². The molecule has 2 aliphatic rings. The molecule has 4 rings (SSSR count). The van der Waals surface area contributed by atoms with Crippen LogP contribution in [0.15, 0.2) is 53.6 Å². The molecule has 2 aromatic rings. The van der Waals surface area contributed by atoms with E-state index < -0.39 is 0 Å². The first-order chi connectivity index (χ1) is 15.0. The van der Waals surface area contributed by atoms with E-state index in [-0.39, 0.29) is 17.8 Å². The van der Waals surface area contributed by atoms with Gasteiger partial charge in [-0.05, 0) is 49.2 Å². The molecule has 0 unspecified atom stereocenters. The summed E-state index contributed by atoms with van der Waals surface area (Å²) in [5.41, 5.74) is 2.63. The zero-order valence-electron chi connectivity index (χ0n) is 18.1. The molecule has 0 aromatic heterocycles. The molecule has 2 heterocycles. The van der Waals surface area contributed by atoms with Crippen molar-refractivity contribution in [3.8, 4) is 5.75 Å². The van der Waals surface area contributed by atoms with Gasteiger partial charge in [-0.15, -0.1) is 0 Å². The molecule has 7 heteroatoms. The molecule has 164 valence electrons. The topological polar surface area (TPSA) is 57.2 Å². The van der Waals surface area contributed by atoms with Gasteiger partial charge in [0.25, 0.3) is 5.91 Å². The van der Waals surface area contributed by atoms with Gasteiger partial charge < -0.3 is 10.1 Å². The molecule has 1 N–H and O–H groups in total. The maximum absolute atomic E-state index is 13.4. The lowest BCUT2D eigenvalue weighted by Gasteiger charge is -2.34. The van der Waals surface area contributed by atoms with Crippen LogP contribution in [0.5, 0.6) is 5.75 Å². The third-order valence-corrected chi connectivity index (χ3v) is 5.90. The van der Waals surface area contributed by atoms with E-state index in [1.54, 1.807) is 17.1 Å². The first-order valence-corrected chi connectivity index (χ1v) is 10.9. The lowest BCUT2D eigenvalue weighted by atomic mass is 9.98. The zero-order valence-corrected chi connectivity index (χ0v) is 18.1. The largest absolute Gasteiger partial charge is 0.494 e. The molecule has 1 fully saturated rings. The second-order valence-electron chi connectivity index (χ2n) is 8.04. The maximum Gasteiger partial charge on any atom is 0.257 e. The van der Waals surface area contributed by atoms with E-state index in [1.807, 2.05) is 31.2 Å². The Labute approximate surface area is 182 Å². The Hall–Kier alpha value is -2.77. The van der Waals surface area contributed by atoms with Gasteiger partial charge in [0.05, 0.1) is 24.9 Å². The lowest BCUT2D eigenvalue weighted by Crippen LogP contribution is -2.52. The Bertz CT molecular complexity index is 930. The summed E-state index contributed by atoms with van der Waals surface area (Å²) in [7, 11) is 0. The molecule has 0 saturated carbocycles. The lowest BCUT2D eigenvalue weighted by molar-refractivity contribution is -0.135. The molecule has 31 heavy (non-hydrogen) atoms. The van der Waals surface area contributed by atoms with Crippen LogP contribution in [-0.2, 0) is 4.79 Å². The second-order valence-corrected chi connectivity index (χ2v) is 8.04. The summed E-state index contributed by atoms with van der Waals surface area (Å²) in [6, 6.07) is 14.2. The predicted molar refractivity (Wildman–Crippen MR) is 119 cm³/mol. The number of carbonyl (C=O) groups excluding carboxylic acids is 1. The van der Waals surface area contributed by atoms with Gasteiger partial charge in [-0.25, -0.2) is 9.40 Å². The van der Waals surface area contributed by atoms with Gasteiger partial charge in [-0.2, -0.15) is 5.10 Å². The van der Waals surface area contributed by atoms with E-state index in [9.17, 15) is 9.18 Å². The summed E-state index contributed by atoms with van der Waals surface area (Å²) in [5.74, 6) is 0.493. The highest BCUT2D eigenvalue weighted by molar-refractivity contribution is 6.03. The standard InChI is InChI=1S/C24H29FN4O2/c1-3-31-21-10-6-19(7-11-21)23-14-22(18-4-8-20(25)9-5-18)27-29(23)24(30)16-28-13-12-26-15-17(28)2/h4-11,17,23,26H,3,12-16H2,1-2H3/t17-,23-/m0/s1. The number of hydrogen-bond acceptors (Lipinski definition) is 5. The molecule has 1 saturated heterocycles. The van der Waals surface area contributed by atoms with Crippen LogP contribution in [0, 0.1) is 5.82 Å². The molecule has 2 aliphatic heterocycles. The van der Waals surface area contributed by atoms with Crippen LogP contribution in [-0.4, -0.2) is 60.4 Å². The number of rotatable bonds is 6. The second kappa shape index (κ2) is 9.58. The van der Waals surface area contributed by atoms with Crippen molar-refractivity contribution in [3.63, 3.8) is 0 Å². The van der Waals surface area contributed by atoms with Crippen molar-refractivity contribution in [3.05, 3.63) is 65.5 Å². The van der Waals surface area contributed by atoms with Crippen molar-refractivity contribution < 1.29 is 13.9 Å². The molecular weight excluding hydrogens is 395 g/mol. The number of halogens is 1. The van der Waals surface area contributed by atoms with Gasteiger partial charge in [-0.3, -0.25) is 9.69 Å². The molecule has 2 aromatic carbocycles. The number of piperazine rings is 1. The van der Waals surface area contributed by atoms with E-state index in [1.165, 1.54) is 12.1 Å². The number of hydrazone groups is 1. The average Bonchev–Trinajstić information content (AvgIpc) is 3.22. The van der Waals surface area contributed by atoms with Crippen molar-refractivity contribution in [1.29, 1.82) is 0 Å². The van der Waals surface area contributed by atoms with Crippen molar-refractivity contribution in [2.75, 3.05) is 32.8 Å². The first kappa shape index (κ1) is 21.5. The number of amides is 1. The van der Waals surface area contributed by atoms with E-state index in [4.69, 9.17) is 9.84 Å². The minimum atomic E-state index is -0.286. The number of nitrogens with one attached hydrogen (secondary N) is 1. The molecule has 1 amide bonds. The van der Waals surface area contributed by atoms with Crippen molar-refractivity contribution in [2.45, 2.75) is 32.4 Å².